The number of rotatable bonds is 6. The van der Waals surface area contributed by atoms with Crippen LogP contribution < -0.4 is 15.2 Å². The zero-order valence-electron chi connectivity index (χ0n) is 11.3. The van der Waals surface area contributed by atoms with Gasteiger partial charge in [0.05, 0.1) is 0 Å². The molecule has 2 aromatic rings. The first-order chi connectivity index (χ1) is 9.65. The zero-order chi connectivity index (χ0) is 14.4. The molecule has 0 amide bonds. The van der Waals surface area contributed by atoms with Crippen LogP contribution in [0.15, 0.2) is 48.5 Å². The third-order valence-electron chi connectivity index (χ3n) is 2.73. The second kappa shape index (κ2) is 6.91. The highest BCUT2D eigenvalue weighted by atomic mass is 32.1. The lowest BCUT2D eigenvalue weighted by molar-refractivity contribution is 0.217. The molecule has 0 saturated heterocycles. The van der Waals surface area contributed by atoms with E-state index in [4.69, 9.17) is 27.4 Å². The van der Waals surface area contributed by atoms with Crippen LogP contribution in [0, 0.1) is 6.92 Å². The van der Waals surface area contributed by atoms with Crippen LogP contribution in [0.1, 0.15) is 11.1 Å². The molecule has 2 N–H and O–H groups in total. The van der Waals surface area contributed by atoms with Crippen molar-refractivity contribution in [2.24, 2.45) is 5.73 Å². The number of aryl methyl sites for hydroxylation is 1. The lowest BCUT2D eigenvalue weighted by Gasteiger charge is -2.09. The van der Waals surface area contributed by atoms with Crippen LogP contribution in [0.4, 0.5) is 0 Å². The Morgan fingerprint density at radius 2 is 1.60 bits per heavy atom. The molecule has 2 aromatic carbocycles. The average molecular weight is 287 g/mol. The summed E-state index contributed by atoms with van der Waals surface area (Å²) in [5, 5.41) is 0. The van der Waals surface area contributed by atoms with Gasteiger partial charge in [0.1, 0.15) is 29.7 Å². The van der Waals surface area contributed by atoms with Gasteiger partial charge in [0.25, 0.3) is 0 Å². The van der Waals surface area contributed by atoms with E-state index in [0.29, 0.717) is 18.2 Å². The van der Waals surface area contributed by atoms with Crippen LogP contribution in [0.2, 0.25) is 0 Å². The van der Waals surface area contributed by atoms with Crippen LogP contribution >= 0.6 is 12.2 Å². The van der Waals surface area contributed by atoms with Crippen molar-refractivity contribution in [3.63, 3.8) is 0 Å². The summed E-state index contributed by atoms with van der Waals surface area (Å²) < 4.78 is 11.2. The zero-order valence-corrected chi connectivity index (χ0v) is 12.2. The fourth-order valence-electron chi connectivity index (χ4n) is 1.76. The molecule has 0 saturated carbocycles. The van der Waals surface area contributed by atoms with E-state index >= 15 is 0 Å². The van der Waals surface area contributed by atoms with E-state index in [1.54, 1.807) is 0 Å². The van der Waals surface area contributed by atoms with Crippen molar-refractivity contribution in [3.8, 4) is 11.5 Å². The molecule has 0 bridgehead atoms. The maximum atomic E-state index is 5.61. The SMILES string of the molecule is Cc1cccc(OCCOc2cccc(C(N)=S)c2)c1. The summed E-state index contributed by atoms with van der Waals surface area (Å²) in [7, 11) is 0. The van der Waals surface area contributed by atoms with Crippen molar-refractivity contribution >= 4 is 17.2 Å². The minimum Gasteiger partial charge on any atom is -0.490 e. The van der Waals surface area contributed by atoms with Crippen molar-refractivity contribution in [1.82, 2.24) is 0 Å². The van der Waals surface area contributed by atoms with Crippen LogP contribution in [-0.2, 0) is 0 Å². The van der Waals surface area contributed by atoms with Gasteiger partial charge in [0, 0.05) is 5.56 Å². The number of benzene rings is 2. The summed E-state index contributed by atoms with van der Waals surface area (Å²) in [5.41, 5.74) is 7.56. The Kier molecular flexibility index (Phi) is 4.96. The second-order valence-corrected chi connectivity index (χ2v) is 4.85. The van der Waals surface area contributed by atoms with Crippen LogP contribution in [0.5, 0.6) is 11.5 Å². The van der Waals surface area contributed by atoms with E-state index in [2.05, 4.69) is 0 Å². The van der Waals surface area contributed by atoms with Gasteiger partial charge in [0.2, 0.25) is 0 Å². The van der Waals surface area contributed by atoms with Crippen LogP contribution in [0.25, 0.3) is 0 Å². The smallest absolute Gasteiger partial charge is 0.122 e. The summed E-state index contributed by atoms with van der Waals surface area (Å²) in [5.74, 6) is 1.59. The van der Waals surface area contributed by atoms with Crippen molar-refractivity contribution in [3.05, 3.63) is 59.7 Å². The van der Waals surface area contributed by atoms with Crippen LogP contribution in [0.3, 0.4) is 0 Å². The third kappa shape index (κ3) is 4.24. The standard InChI is InChI=1S/C16H17NO2S/c1-12-4-2-6-14(10-12)18-8-9-19-15-7-3-5-13(11-15)16(17)20/h2-7,10-11H,8-9H2,1H3,(H2,17,20). The highest BCUT2D eigenvalue weighted by Gasteiger charge is 2.00. The average Bonchev–Trinajstić information content (AvgIpc) is 2.44. The molecule has 20 heavy (non-hydrogen) atoms. The summed E-state index contributed by atoms with van der Waals surface area (Å²) in [6, 6.07) is 15.4. The van der Waals surface area contributed by atoms with Crippen molar-refractivity contribution in [1.29, 1.82) is 0 Å². The predicted octanol–water partition coefficient (Wildman–Crippen LogP) is 3.09. The Hall–Kier alpha value is -2.07. The Morgan fingerprint density at radius 1 is 1.00 bits per heavy atom. The first kappa shape index (κ1) is 14.3. The van der Waals surface area contributed by atoms with Crippen molar-refractivity contribution in [2.45, 2.75) is 6.92 Å². The molecular formula is C16H17NO2S. The molecular weight excluding hydrogens is 270 g/mol. The van der Waals surface area contributed by atoms with E-state index < -0.39 is 0 Å². The molecule has 0 aliphatic heterocycles. The second-order valence-electron chi connectivity index (χ2n) is 4.41. The normalized spacial score (nSPS) is 10.1. The Labute approximate surface area is 124 Å². The number of hydrogen-bond donors (Lipinski definition) is 1. The highest BCUT2D eigenvalue weighted by Crippen LogP contribution is 2.14. The van der Waals surface area contributed by atoms with Gasteiger partial charge in [-0.25, -0.2) is 0 Å². The molecule has 0 spiro atoms. The minimum absolute atomic E-state index is 0.367. The lowest BCUT2D eigenvalue weighted by atomic mass is 10.2. The van der Waals surface area contributed by atoms with Crippen molar-refractivity contribution < 1.29 is 9.47 Å². The summed E-state index contributed by atoms with van der Waals surface area (Å²) in [6.07, 6.45) is 0. The van der Waals surface area contributed by atoms with Crippen LogP contribution in [-0.4, -0.2) is 18.2 Å². The van der Waals surface area contributed by atoms with Gasteiger partial charge in [-0.3, -0.25) is 0 Å². The quantitative estimate of drug-likeness (QED) is 0.655. The molecule has 0 aliphatic rings. The molecule has 3 nitrogen and oxygen atoms in total. The van der Waals surface area contributed by atoms with Gasteiger partial charge in [-0.15, -0.1) is 0 Å². The predicted molar refractivity (Wildman–Crippen MR) is 84.5 cm³/mol. The lowest BCUT2D eigenvalue weighted by Crippen LogP contribution is -2.11. The number of nitrogens with two attached hydrogens (primary N) is 1. The molecule has 104 valence electrons. The van der Waals surface area contributed by atoms with Gasteiger partial charge >= 0.3 is 0 Å². The number of ether oxygens (including phenoxy) is 2. The molecule has 0 aromatic heterocycles. The Balaban J connectivity index is 1.81. The first-order valence-electron chi connectivity index (χ1n) is 6.37. The van der Waals surface area contributed by atoms with E-state index in [0.717, 1.165) is 17.1 Å². The summed E-state index contributed by atoms with van der Waals surface area (Å²) >= 11 is 4.93. The van der Waals surface area contributed by atoms with E-state index in [9.17, 15) is 0 Å². The van der Waals surface area contributed by atoms with E-state index in [1.165, 1.54) is 5.56 Å². The third-order valence-corrected chi connectivity index (χ3v) is 2.96. The van der Waals surface area contributed by atoms with Gasteiger partial charge in [-0.05, 0) is 36.8 Å². The Bertz CT molecular complexity index is 599. The molecule has 0 fully saturated rings. The summed E-state index contributed by atoms with van der Waals surface area (Å²) in [4.78, 5) is 0.367. The number of thiocarbonyl (C=S) groups is 1. The Morgan fingerprint density at radius 3 is 2.20 bits per heavy atom. The molecule has 0 unspecified atom stereocenters. The van der Waals surface area contributed by atoms with E-state index in [1.807, 2.05) is 55.5 Å². The first-order valence-corrected chi connectivity index (χ1v) is 6.78. The highest BCUT2D eigenvalue weighted by molar-refractivity contribution is 7.80. The maximum Gasteiger partial charge on any atom is 0.122 e. The topological polar surface area (TPSA) is 44.5 Å². The minimum atomic E-state index is 0.367. The van der Waals surface area contributed by atoms with E-state index in [-0.39, 0.29) is 0 Å². The molecule has 0 aliphatic carbocycles. The molecule has 2 rings (SSSR count). The van der Waals surface area contributed by atoms with Gasteiger partial charge in [-0.2, -0.15) is 0 Å². The fourth-order valence-corrected chi connectivity index (χ4v) is 1.89. The van der Waals surface area contributed by atoms with Gasteiger partial charge in [-0.1, -0.05) is 36.5 Å². The van der Waals surface area contributed by atoms with Gasteiger partial charge < -0.3 is 15.2 Å². The maximum absolute atomic E-state index is 5.61. The molecule has 0 atom stereocenters. The van der Waals surface area contributed by atoms with Gasteiger partial charge in [0.15, 0.2) is 0 Å². The monoisotopic (exact) mass is 287 g/mol. The molecule has 0 heterocycles. The molecule has 0 radical (unpaired) electrons. The van der Waals surface area contributed by atoms with Crippen molar-refractivity contribution in [2.75, 3.05) is 13.2 Å². The largest absolute Gasteiger partial charge is 0.490 e. The molecule has 4 heteroatoms. The fraction of sp³-hybridized carbons (Fsp3) is 0.188. The number of hydrogen-bond acceptors (Lipinski definition) is 3. The summed E-state index contributed by atoms with van der Waals surface area (Å²) in [6.45, 7) is 2.99.